The number of benzene rings is 1. The van der Waals surface area contributed by atoms with Crippen LogP contribution in [0.15, 0.2) is 29.4 Å². The van der Waals surface area contributed by atoms with Gasteiger partial charge in [0.15, 0.2) is 5.16 Å². The van der Waals surface area contributed by atoms with E-state index in [4.69, 9.17) is 21.6 Å². The maximum atomic E-state index is 6.23. The first kappa shape index (κ1) is 16.6. The number of anilines is 1. The quantitative estimate of drug-likeness (QED) is 0.603. The molecule has 0 bridgehead atoms. The van der Waals surface area contributed by atoms with Gasteiger partial charge in [0, 0.05) is 17.1 Å². The highest BCUT2D eigenvalue weighted by Crippen LogP contribution is 2.28. The van der Waals surface area contributed by atoms with E-state index in [0.29, 0.717) is 0 Å². The molecule has 23 heavy (non-hydrogen) atoms. The molecule has 0 unspecified atom stereocenters. The average Bonchev–Trinajstić information content (AvgIpc) is 2.57. The van der Waals surface area contributed by atoms with Gasteiger partial charge in [-0.1, -0.05) is 48.5 Å². The minimum atomic E-state index is 0.834. The van der Waals surface area contributed by atoms with E-state index in [1.165, 1.54) is 29.7 Å². The van der Waals surface area contributed by atoms with Crippen molar-refractivity contribution in [2.45, 2.75) is 44.2 Å². The summed E-state index contributed by atoms with van der Waals surface area (Å²) in [6, 6.07) is 8.02. The summed E-state index contributed by atoms with van der Waals surface area (Å²) in [5.74, 6) is 2.02. The number of hydrogen-bond acceptors (Lipinski definition) is 4. The molecule has 0 spiro atoms. The van der Waals surface area contributed by atoms with Crippen LogP contribution in [0.5, 0.6) is 0 Å². The van der Waals surface area contributed by atoms with Gasteiger partial charge in [0.2, 0.25) is 0 Å². The molecule has 0 amide bonds. The second-order valence-corrected chi connectivity index (χ2v) is 7.33. The van der Waals surface area contributed by atoms with Gasteiger partial charge in [-0.05, 0) is 49.5 Å². The first-order chi connectivity index (χ1) is 11.3. The lowest BCUT2D eigenvalue weighted by atomic mass is 9.96. The number of hydrogen-bond donors (Lipinski definition) is 1. The van der Waals surface area contributed by atoms with Crippen LogP contribution in [0.2, 0.25) is 5.02 Å². The lowest BCUT2D eigenvalue weighted by Crippen LogP contribution is -2.15. The minimum Gasteiger partial charge on any atom is -0.369 e. The highest BCUT2D eigenvalue weighted by molar-refractivity contribution is 7.99. The minimum absolute atomic E-state index is 0.834. The largest absolute Gasteiger partial charge is 0.369 e. The summed E-state index contributed by atoms with van der Waals surface area (Å²) in [5.41, 5.74) is 3.73. The standard InChI is InChI=1S/C18H22ClN3S/c1-2-23-18-21-16-10-6-4-8-14(16)17(22-18)20-12-11-13-7-3-5-9-15(13)19/h3,5,7,9H,2,4,6,8,10-12H2,1H3,(H,20,21,22). The van der Waals surface area contributed by atoms with E-state index in [9.17, 15) is 0 Å². The smallest absolute Gasteiger partial charge is 0.189 e. The molecule has 3 rings (SSSR count). The number of thioether (sulfide) groups is 1. The highest BCUT2D eigenvalue weighted by atomic mass is 35.5. The third-order valence-corrected chi connectivity index (χ3v) is 5.18. The Morgan fingerprint density at radius 2 is 2.00 bits per heavy atom. The molecular formula is C18H22ClN3S. The van der Waals surface area contributed by atoms with Gasteiger partial charge < -0.3 is 5.32 Å². The second-order valence-electron chi connectivity index (χ2n) is 5.69. The lowest BCUT2D eigenvalue weighted by Gasteiger charge is -2.19. The normalized spacial score (nSPS) is 13.7. The number of aryl methyl sites for hydroxylation is 1. The van der Waals surface area contributed by atoms with E-state index in [1.807, 2.05) is 18.2 Å². The van der Waals surface area contributed by atoms with Gasteiger partial charge in [0.05, 0.1) is 5.69 Å². The Kier molecular flexibility index (Phi) is 5.79. The summed E-state index contributed by atoms with van der Waals surface area (Å²) in [7, 11) is 0. The first-order valence-corrected chi connectivity index (χ1v) is 9.64. The molecule has 0 saturated carbocycles. The van der Waals surface area contributed by atoms with Gasteiger partial charge in [-0.2, -0.15) is 0 Å². The van der Waals surface area contributed by atoms with Gasteiger partial charge in [-0.3, -0.25) is 0 Å². The summed E-state index contributed by atoms with van der Waals surface area (Å²) < 4.78 is 0. The fourth-order valence-corrected chi connectivity index (χ4v) is 3.75. The predicted molar refractivity (Wildman–Crippen MR) is 98.7 cm³/mol. The molecule has 5 heteroatoms. The van der Waals surface area contributed by atoms with E-state index in [-0.39, 0.29) is 0 Å². The molecule has 0 atom stereocenters. The summed E-state index contributed by atoms with van der Waals surface area (Å²) in [4.78, 5) is 9.47. The molecule has 1 aromatic heterocycles. The zero-order valence-electron chi connectivity index (χ0n) is 13.4. The van der Waals surface area contributed by atoms with Crippen molar-refractivity contribution in [2.24, 2.45) is 0 Å². The van der Waals surface area contributed by atoms with Crippen molar-refractivity contribution in [3.63, 3.8) is 0 Å². The van der Waals surface area contributed by atoms with Gasteiger partial charge in [0.1, 0.15) is 5.82 Å². The third-order valence-electron chi connectivity index (χ3n) is 4.08. The molecule has 1 aromatic carbocycles. The van der Waals surface area contributed by atoms with Gasteiger partial charge in [0.25, 0.3) is 0 Å². The number of fused-ring (bicyclic) bond motifs is 1. The number of rotatable bonds is 6. The van der Waals surface area contributed by atoms with Crippen LogP contribution in [-0.2, 0) is 19.3 Å². The zero-order valence-corrected chi connectivity index (χ0v) is 15.0. The first-order valence-electron chi connectivity index (χ1n) is 8.27. The topological polar surface area (TPSA) is 37.8 Å². The van der Waals surface area contributed by atoms with E-state index >= 15 is 0 Å². The molecule has 0 aliphatic heterocycles. The van der Waals surface area contributed by atoms with E-state index in [2.05, 4.69) is 18.3 Å². The van der Waals surface area contributed by atoms with Crippen molar-refractivity contribution in [1.82, 2.24) is 9.97 Å². The number of aromatic nitrogens is 2. The van der Waals surface area contributed by atoms with Crippen LogP contribution in [0.25, 0.3) is 0 Å². The van der Waals surface area contributed by atoms with Crippen molar-refractivity contribution in [1.29, 1.82) is 0 Å². The molecular weight excluding hydrogens is 326 g/mol. The third kappa shape index (κ3) is 4.18. The summed E-state index contributed by atoms with van der Waals surface area (Å²) in [6.07, 6.45) is 5.53. The molecule has 1 heterocycles. The second kappa shape index (κ2) is 8.02. The Balaban J connectivity index is 1.73. The molecule has 3 nitrogen and oxygen atoms in total. The Bertz CT molecular complexity index is 675. The monoisotopic (exact) mass is 347 g/mol. The molecule has 0 radical (unpaired) electrons. The summed E-state index contributed by atoms with van der Waals surface area (Å²) in [5, 5.41) is 5.26. The van der Waals surface area contributed by atoms with Crippen LogP contribution in [0.4, 0.5) is 5.82 Å². The van der Waals surface area contributed by atoms with Crippen molar-refractivity contribution in [2.75, 3.05) is 17.6 Å². The number of nitrogens with zero attached hydrogens (tertiary/aromatic N) is 2. The van der Waals surface area contributed by atoms with Crippen LogP contribution in [-0.4, -0.2) is 22.3 Å². The van der Waals surface area contributed by atoms with Crippen LogP contribution < -0.4 is 5.32 Å². The number of halogens is 1. The van der Waals surface area contributed by atoms with E-state index in [1.54, 1.807) is 11.8 Å². The molecule has 122 valence electrons. The number of nitrogens with one attached hydrogen (secondary N) is 1. The highest BCUT2D eigenvalue weighted by Gasteiger charge is 2.17. The summed E-state index contributed by atoms with van der Waals surface area (Å²) in [6.45, 7) is 2.97. The molecule has 1 aliphatic rings. The SMILES string of the molecule is CCSc1nc2c(c(NCCc3ccccc3Cl)n1)CCCC2. The van der Waals surface area contributed by atoms with E-state index in [0.717, 1.165) is 47.6 Å². The van der Waals surface area contributed by atoms with Gasteiger partial charge >= 0.3 is 0 Å². The van der Waals surface area contributed by atoms with E-state index < -0.39 is 0 Å². The van der Waals surface area contributed by atoms with Gasteiger partial charge in [-0.25, -0.2) is 9.97 Å². The maximum Gasteiger partial charge on any atom is 0.189 e. The molecule has 2 aromatic rings. The molecule has 0 saturated heterocycles. The van der Waals surface area contributed by atoms with Crippen LogP contribution >= 0.6 is 23.4 Å². The summed E-state index contributed by atoms with van der Waals surface area (Å²) >= 11 is 7.94. The maximum absolute atomic E-state index is 6.23. The van der Waals surface area contributed by atoms with Crippen molar-refractivity contribution in [3.8, 4) is 0 Å². The lowest BCUT2D eigenvalue weighted by molar-refractivity contribution is 0.650. The molecule has 0 fully saturated rings. The predicted octanol–water partition coefficient (Wildman–Crippen LogP) is 4.78. The fraction of sp³-hybridized carbons (Fsp3) is 0.444. The Morgan fingerprint density at radius 3 is 2.83 bits per heavy atom. The Morgan fingerprint density at radius 1 is 1.17 bits per heavy atom. The van der Waals surface area contributed by atoms with Crippen molar-refractivity contribution < 1.29 is 0 Å². The van der Waals surface area contributed by atoms with Crippen molar-refractivity contribution in [3.05, 3.63) is 46.1 Å². The van der Waals surface area contributed by atoms with Crippen LogP contribution in [0.3, 0.4) is 0 Å². The Labute approximate surface area is 147 Å². The molecule has 1 N–H and O–H groups in total. The average molecular weight is 348 g/mol. The van der Waals surface area contributed by atoms with Crippen LogP contribution in [0, 0.1) is 0 Å². The Hall–Kier alpha value is -1.26. The van der Waals surface area contributed by atoms with Gasteiger partial charge in [-0.15, -0.1) is 0 Å². The van der Waals surface area contributed by atoms with Crippen LogP contribution in [0.1, 0.15) is 36.6 Å². The van der Waals surface area contributed by atoms with Crippen molar-refractivity contribution >= 4 is 29.2 Å². The molecule has 1 aliphatic carbocycles. The zero-order chi connectivity index (χ0) is 16.1. The fourth-order valence-electron chi connectivity index (χ4n) is 2.93.